The summed E-state index contributed by atoms with van der Waals surface area (Å²) in [6.07, 6.45) is 0. The van der Waals surface area contributed by atoms with Crippen LogP contribution in [0.2, 0.25) is 0 Å². The number of nitrogens with one attached hydrogen (secondary N) is 1. The van der Waals surface area contributed by atoms with E-state index in [1.165, 1.54) is 50.5 Å². The van der Waals surface area contributed by atoms with Gasteiger partial charge in [-0.05, 0) is 52.3 Å². The Morgan fingerprint density at radius 3 is 2.32 bits per heavy atom. The number of anilines is 1. The minimum absolute atomic E-state index is 0.0297. The third kappa shape index (κ3) is 4.91. The topological polar surface area (TPSA) is 106 Å². The van der Waals surface area contributed by atoms with Crippen LogP contribution in [0.1, 0.15) is 10.6 Å². The van der Waals surface area contributed by atoms with Crippen molar-refractivity contribution in [3.05, 3.63) is 46.8 Å². The summed E-state index contributed by atoms with van der Waals surface area (Å²) in [6, 6.07) is 8.57. The van der Waals surface area contributed by atoms with E-state index in [0.717, 1.165) is 4.31 Å². The van der Waals surface area contributed by atoms with Gasteiger partial charge < -0.3 is 14.5 Å². The third-order valence-electron chi connectivity index (χ3n) is 3.03. The van der Waals surface area contributed by atoms with Crippen molar-refractivity contribution in [1.82, 2.24) is 4.31 Å². The number of ether oxygens (including phenoxy) is 1. The lowest BCUT2D eigenvalue weighted by molar-refractivity contribution is -0.119. The zero-order valence-electron chi connectivity index (χ0n) is 13.4. The molecule has 10 heteroatoms. The van der Waals surface area contributed by atoms with E-state index in [1.807, 2.05) is 0 Å². The average Bonchev–Trinajstić information content (AvgIpc) is 2.99. The van der Waals surface area contributed by atoms with Crippen molar-refractivity contribution in [2.75, 3.05) is 26.0 Å². The number of amides is 1. The Bertz CT molecular complexity index is 874. The summed E-state index contributed by atoms with van der Waals surface area (Å²) in [5, 5.41) is 2.50. The molecule has 0 saturated carbocycles. The minimum Gasteiger partial charge on any atom is -0.450 e. The Morgan fingerprint density at radius 1 is 1.16 bits per heavy atom. The van der Waals surface area contributed by atoms with E-state index in [1.54, 1.807) is 0 Å². The molecular weight excluding hydrogens is 416 g/mol. The van der Waals surface area contributed by atoms with Crippen LogP contribution in [0.15, 0.2) is 50.4 Å². The number of hydrogen-bond donors (Lipinski definition) is 1. The SMILES string of the molecule is CN(C)S(=O)(=O)c1ccc(NC(=O)COC(=O)c2ccc(Br)o2)cc1. The van der Waals surface area contributed by atoms with Crippen LogP contribution in [0.5, 0.6) is 0 Å². The van der Waals surface area contributed by atoms with E-state index in [-0.39, 0.29) is 10.7 Å². The third-order valence-corrected chi connectivity index (χ3v) is 5.28. The molecular formula is C15H15BrN2O6S. The summed E-state index contributed by atoms with van der Waals surface area (Å²) in [5.41, 5.74) is 0.375. The highest BCUT2D eigenvalue weighted by molar-refractivity contribution is 9.10. The number of sulfonamides is 1. The summed E-state index contributed by atoms with van der Waals surface area (Å²) in [4.78, 5) is 23.5. The summed E-state index contributed by atoms with van der Waals surface area (Å²) in [6.45, 7) is -0.505. The molecule has 0 fully saturated rings. The van der Waals surface area contributed by atoms with Crippen molar-refractivity contribution in [1.29, 1.82) is 0 Å². The molecule has 1 N–H and O–H groups in total. The zero-order chi connectivity index (χ0) is 18.6. The number of carbonyl (C=O) groups is 2. The van der Waals surface area contributed by atoms with E-state index in [9.17, 15) is 18.0 Å². The quantitative estimate of drug-likeness (QED) is 0.703. The van der Waals surface area contributed by atoms with Crippen molar-refractivity contribution in [3.63, 3.8) is 0 Å². The van der Waals surface area contributed by atoms with Crippen molar-refractivity contribution in [2.45, 2.75) is 4.90 Å². The lowest BCUT2D eigenvalue weighted by atomic mass is 10.3. The molecule has 0 bridgehead atoms. The number of hydrogen-bond acceptors (Lipinski definition) is 6. The van der Waals surface area contributed by atoms with E-state index < -0.39 is 28.5 Å². The van der Waals surface area contributed by atoms with Crippen LogP contribution in [-0.2, 0) is 19.6 Å². The molecule has 0 aliphatic rings. The molecule has 0 aliphatic heterocycles. The zero-order valence-corrected chi connectivity index (χ0v) is 15.8. The fourth-order valence-corrected chi connectivity index (χ4v) is 2.95. The smallest absolute Gasteiger partial charge is 0.374 e. The van der Waals surface area contributed by atoms with Gasteiger partial charge in [0.25, 0.3) is 5.91 Å². The Hall–Kier alpha value is -2.17. The fourth-order valence-electron chi connectivity index (χ4n) is 1.74. The maximum absolute atomic E-state index is 11.9. The van der Waals surface area contributed by atoms with Gasteiger partial charge in [0.2, 0.25) is 15.8 Å². The molecule has 1 aromatic carbocycles. The average molecular weight is 431 g/mol. The Kier molecular flexibility index (Phi) is 5.98. The first-order valence-electron chi connectivity index (χ1n) is 6.95. The van der Waals surface area contributed by atoms with Crippen LogP contribution in [0.3, 0.4) is 0 Å². The molecule has 8 nitrogen and oxygen atoms in total. The molecule has 0 atom stereocenters. The minimum atomic E-state index is -3.54. The largest absolute Gasteiger partial charge is 0.450 e. The molecule has 0 spiro atoms. The first kappa shape index (κ1) is 19.2. The Morgan fingerprint density at radius 2 is 1.80 bits per heavy atom. The van der Waals surface area contributed by atoms with Crippen LogP contribution in [0.25, 0.3) is 0 Å². The van der Waals surface area contributed by atoms with Crippen LogP contribution < -0.4 is 5.32 Å². The molecule has 0 unspecified atom stereocenters. The van der Waals surface area contributed by atoms with Crippen LogP contribution >= 0.6 is 15.9 Å². The normalized spacial score (nSPS) is 11.4. The van der Waals surface area contributed by atoms with E-state index >= 15 is 0 Å². The summed E-state index contributed by atoms with van der Waals surface area (Å²) < 4.78 is 35.2. The molecule has 0 radical (unpaired) electrons. The summed E-state index contributed by atoms with van der Waals surface area (Å²) >= 11 is 3.05. The number of rotatable bonds is 6. The molecule has 2 rings (SSSR count). The van der Waals surface area contributed by atoms with Gasteiger partial charge in [-0.25, -0.2) is 17.5 Å². The standard InChI is InChI=1S/C15H15BrN2O6S/c1-18(2)25(21,22)11-5-3-10(4-6-11)17-14(19)9-23-15(20)12-7-8-13(16)24-12/h3-8H,9H2,1-2H3,(H,17,19). The highest BCUT2D eigenvalue weighted by atomic mass is 79.9. The monoisotopic (exact) mass is 430 g/mol. The predicted molar refractivity (Wildman–Crippen MR) is 92.6 cm³/mol. The van der Waals surface area contributed by atoms with Crippen LogP contribution in [0.4, 0.5) is 5.69 Å². The maximum atomic E-state index is 11.9. The van der Waals surface area contributed by atoms with E-state index in [2.05, 4.69) is 21.2 Å². The lowest BCUT2D eigenvalue weighted by Gasteiger charge is -2.12. The van der Waals surface area contributed by atoms with Gasteiger partial charge in [-0.3, -0.25) is 4.79 Å². The highest BCUT2D eigenvalue weighted by Crippen LogP contribution is 2.17. The van der Waals surface area contributed by atoms with Gasteiger partial charge in [-0.15, -0.1) is 0 Å². The number of carbonyl (C=O) groups excluding carboxylic acids is 2. The molecule has 0 saturated heterocycles. The second kappa shape index (κ2) is 7.81. The molecule has 0 aliphatic carbocycles. The van der Waals surface area contributed by atoms with Gasteiger partial charge in [0.1, 0.15) is 0 Å². The number of halogens is 1. The van der Waals surface area contributed by atoms with E-state index in [4.69, 9.17) is 9.15 Å². The lowest BCUT2D eigenvalue weighted by Crippen LogP contribution is -2.22. The Labute approximate surface area is 152 Å². The molecule has 25 heavy (non-hydrogen) atoms. The van der Waals surface area contributed by atoms with Gasteiger partial charge in [0.05, 0.1) is 4.90 Å². The van der Waals surface area contributed by atoms with Crippen LogP contribution in [-0.4, -0.2) is 45.3 Å². The van der Waals surface area contributed by atoms with Gasteiger partial charge in [0, 0.05) is 19.8 Å². The highest BCUT2D eigenvalue weighted by Gasteiger charge is 2.17. The second-order valence-corrected chi connectivity index (χ2v) is 7.97. The van der Waals surface area contributed by atoms with Crippen LogP contribution in [0, 0.1) is 0 Å². The summed E-state index contributed by atoms with van der Waals surface area (Å²) in [5.74, 6) is -1.37. The van der Waals surface area contributed by atoms with Crippen molar-refractivity contribution in [2.24, 2.45) is 0 Å². The van der Waals surface area contributed by atoms with Gasteiger partial charge in [-0.2, -0.15) is 0 Å². The first-order valence-corrected chi connectivity index (χ1v) is 9.18. The van der Waals surface area contributed by atoms with Crippen molar-refractivity contribution >= 4 is 43.5 Å². The number of benzene rings is 1. The second-order valence-electron chi connectivity index (χ2n) is 5.04. The molecule has 1 heterocycles. The summed E-state index contributed by atoms with van der Waals surface area (Å²) in [7, 11) is -0.680. The first-order chi connectivity index (χ1) is 11.7. The predicted octanol–water partition coefficient (Wildman–Crippen LogP) is 2.09. The maximum Gasteiger partial charge on any atom is 0.374 e. The number of esters is 1. The van der Waals surface area contributed by atoms with Gasteiger partial charge in [-0.1, -0.05) is 0 Å². The fraction of sp³-hybridized carbons (Fsp3) is 0.200. The molecule has 1 amide bonds. The van der Waals surface area contributed by atoms with Crippen molar-refractivity contribution < 1.29 is 27.2 Å². The van der Waals surface area contributed by atoms with E-state index in [0.29, 0.717) is 10.4 Å². The van der Waals surface area contributed by atoms with Gasteiger partial charge >= 0.3 is 5.97 Å². The van der Waals surface area contributed by atoms with Crippen molar-refractivity contribution in [3.8, 4) is 0 Å². The number of nitrogens with zero attached hydrogens (tertiary/aromatic N) is 1. The molecule has 1 aromatic heterocycles. The molecule has 2 aromatic rings. The Balaban J connectivity index is 1.91. The number of furan rings is 1. The molecule has 134 valence electrons. The van der Waals surface area contributed by atoms with Gasteiger partial charge in [0.15, 0.2) is 11.3 Å².